The van der Waals surface area contributed by atoms with Gasteiger partial charge in [-0.05, 0) is 44.3 Å². The topological polar surface area (TPSA) is 115 Å². The maximum Gasteiger partial charge on any atom is 0.189 e. The number of carbonyl (C=O) groups excluding carboxylic acids is 1. The molecule has 1 aliphatic rings. The standard InChI is InChI=1S/C25H30N6O3/c1-17(14-27-2)34-20-5-3-18(4-6-20)21-16-29-25(26)24(30-21)23(32)13-19-15-28-8-7-22(19)31-9-11-33-12-10-31/h3-8,15-17,27H,9-14H2,1-2H3,(H2,26,29). The van der Waals surface area contributed by atoms with E-state index in [1.807, 2.05) is 44.3 Å². The molecule has 9 nitrogen and oxygen atoms in total. The van der Waals surface area contributed by atoms with Crippen molar-refractivity contribution in [3.8, 4) is 17.0 Å². The van der Waals surface area contributed by atoms with Gasteiger partial charge in [0.05, 0.1) is 25.1 Å². The van der Waals surface area contributed by atoms with Crippen LogP contribution >= 0.6 is 0 Å². The van der Waals surface area contributed by atoms with Crippen LogP contribution < -0.4 is 20.7 Å². The Labute approximate surface area is 199 Å². The van der Waals surface area contributed by atoms with E-state index in [4.69, 9.17) is 15.2 Å². The van der Waals surface area contributed by atoms with Gasteiger partial charge in [-0.25, -0.2) is 9.97 Å². The molecule has 0 amide bonds. The summed E-state index contributed by atoms with van der Waals surface area (Å²) in [6.07, 6.45) is 5.23. The molecular weight excluding hydrogens is 432 g/mol. The van der Waals surface area contributed by atoms with E-state index in [1.165, 1.54) is 0 Å². The summed E-state index contributed by atoms with van der Waals surface area (Å²) in [6.45, 7) is 5.62. The molecule has 1 atom stereocenters. The van der Waals surface area contributed by atoms with Crippen molar-refractivity contribution >= 4 is 17.3 Å². The number of anilines is 2. The highest BCUT2D eigenvalue weighted by atomic mass is 16.5. The summed E-state index contributed by atoms with van der Waals surface area (Å²) in [5, 5.41) is 3.09. The molecule has 34 heavy (non-hydrogen) atoms. The number of ether oxygens (including phenoxy) is 2. The lowest BCUT2D eigenvalue weighted by atomic mass is 10.1. The maximum atomic E-state index is 13.2. The van der Waals surface area contributed by atoms with E-state index in [1.54, 1.807) is 18.6 Å². The smallest absolute Gasteiger partial charge is 0.189 e. The average Bonchev–Trinajstić information content (AvgIpc) is 2.86. The molecule has 3 aromatic rings. The van der Waals surface area contributed by atoms with E-state index < -0.39 is 0 Å². The Morgan fingerprint density at radius 1 is 1.21 bits per heavy atom. The second kappa shape index (κ2) is 11.0. The number of hydrogen-bond donors (Lipinski definition) is 2. The van der Waals surface area contributed by atoms with Crippen molar-refractivity contribution in [2.24, 2.45) is 0 Å². The molecule has 0 radical (unpaired) electrons. The molecule has 9 heteroatoms. The minimum Gasteiger partial charge on any atom is -0.489 e. The molecule has 1 fully saturated rings. The molecule has 2 aromatic heterocycles. The molecule has 178 valence electrons. The van der Waals surface area contributed by atoms with Crippen molar-refractivity contribution < 1.29 is 14.3 Å². The fourth-order valence-corrected chi connectivity index (χ4v) is 3.93. The third kappa shape index (κ3) is 5.67. The summed E-state index contributed by atoms with van der Waals surface area (Å²) in [7, 11) is 1.89. The van der Waals surface area contributed by atoms with Crippen LogP contribution in [0.4, 0.5) is 11.5 Å². The number of rotatable bonds is 9. The molecule has 0 aliphatic carbocycles. The number of nitrogens with one attached hydrogen (secondary N) is 1. The molecule has 1 aromatic carbocycles. The van der Waals surface area contributed by atoms with Crippen LogP contribution in [0, 0.1) is 0 Å². The first-order chi connectivity index (χ1) is 16.5. The van der Waals surface area contributed by atoms with Crippen LogP contribution in [0.1, 0.15) is 23.0 Å². The van der Waals surface area contributed by atoms with Crippen LogP contribution in [0.25, 0.3) is 11.3 Å². The Morgan fingerprint density at radius 3 is 2.71 bits per heavy atom. The molecule has 4 rings (SSSR count). The fourth-order valence-electron chi connectivity index (χ4n) is 3.93. The molecule has 0 saturated carbocycles. The Morgan fingerprint density at radius 2 is 1.97 bits per heavy atom. The van der Waals surface area contributed by atoms with Crippen LogP contribution in [0.15, 0.2) is 48.9 Å². The zero-order chi connectivity index (χ0) is 23.9. The van der Waals surface area contributed by atoms with Crippen molar-refractivity contribution in [1.29, 1.82) is 0 Å². The summed E-state index contributed by atoms with van der Waals surface area (Å²) >= 11 is 0. The molecule has 3 heterocycles. The van der Waals surface area contributed by atoms with Gasteiger partial charge in [-0.3, -0.25) is 9.78 Å². The highest BCUT2D eigenvalue weighted by molar-refractivity contribution is 6.00. The van der Waals surface area contributed by atoms with Crippen LogP contribution in [0.2, 0.25) is 0 Å². The second-order valence-electron chi connectivity index (χ2n) is 8.20. The van der Waals surface area contributed by atoms with Gasteiger partial charge in [0.15, 0.2) is 11.6 Å². The van der Waals surface area contributed by atoms with E-state index in [9.17, 15) is 4.79 Å². The van der Waals surface area contributed by atoms with Gasteiger partial charge in [0.25, 0.3) is 0 Å². The lowest BCUT2D eigenvalue weighted by Crippen LogP contribution is -2.37. The van der Waals surface area contributed by atoms with Gasteiger partial charge in [0.1, 0.15) is 17.5 Å². The van der Waals surface area contributed by atoms with Gasteiger partial charge in [0, 0.05) is 55.3 Å². The zero-order valence-corrected chi connectivity index (χ0v) is 19.5. The number of pyridine rings is 1. The SMILES string of the molecule is CNCC(C)Oc1ccc(-c2cnc(N)c(C(=O)Cc3cnccc3N3CCOCC3)n2)cc1. The van der Waals surface area contributed by atoms with E-state index in [0.29, 0.717) is 18.9 Å². The molecule has 1 saturated heterocycles. The largest absolute Gasteiger partial charge is 0.489 e. The first-order valence-electron chi connectivity index (χ1n) is 11.4. The lowest BCUT2D eigenvalue weighted by Gasteiger charge is -2.30. The third-order valence-corrected chi connectivity index (χ3v) is 5.62. The van der Waals surface area contributed by atoms with Gasteiger partial charge < -0.3 is 25.4 Å². The van der Waals surface area contributed by atoms with E-state index in [0.717, 1.165) is 42.2 Å². The summed E-state index contributed by atoms with van der Waals surface area (Å²) in [5.41, 5.74) is 9.43. The maximum absolute atomic E-state index is 13.2. The summed E-state index contributed by atoms with van der Waals surface area (Å²) in [6, 6.07) is 9.48. The van der Waals surface area contributed by atoms with Gasteiger partial charge >= 0.3 is 0 Å². The monoisotopic (exact) mass is 462 g/mol. The Balaban J connectivity index is 1.52. The van der Waals surface area contributed by atoms with Crippen LogP contribution in [-0.4, -0.2) is 66.7 Å². The van der Waals surface area contributed by atoms with Gasteiger partial charge in [0.2, 0.25) is 0 Å². The number of nitrogens with two attached hydrogens (primary N) is 1. The van der Waals surface area contributed by atoms with Crippen LogP contribution in [-0.2, 0) is 11.2 Å². The first-order valence-corrected chi connectivity index (χ1v) is 11.4. The number of carbonyl (C=O) groups is 1. The van der Waals surface area contributed by atoms with Crippen molar-refractivity contribution in [2.75, 3.05) is 50.5 Å². The fraction of sp³-hybridized carbons (Fsp3) is 0.360. The second-order valence-corrected chi connectivity index (χ2v) is 8.20. The summed E-state index contributed by atoms with van der Waals surface area (Å²) < 4.78 is 11.3. The number of benzene rings is 1. The van der Waals surface area contributed by atoms with Crippen LogP contribution in [0.5, 0.6) is 5.75 Å². The van der Waals surface area contributed by atoms with Gasteiger partial charge in [-0.2, -0.15) is 0 Å². The molecule has 1 aliphatic heterocycles. The number of nitrogens with zero attached hydrogens (tertiary/aromatic N) is 4. The predicted molar refractivity (Wildman–Crippen MR) is 131 cm³/mol. The van der Waals surface area contributed by atoms with E-state index in [2.05, 4.69) is 25.2 Å². The minimum atomic E-state index is -0.199. The normalized spacial score (nSPS) is 14.6. The van der Waals surface area contributed by atoms with E-state index >= 15 is 0 Å². The number of hydrogen-bond acceptors (Lipinski definition) is 9. The number of morpholine rings is 1. The van der Waals surface area contributed by atoms with Crippen molar-refractivity contribution in [3.05, 3.63) is 60.2 Å². The number of ketones is 1. The molecule has 3 N–H and O–H groups in total. The molecule has 1 unspecified atom stereocenters. The minimum absolute atomic E-state index is 0.0474. The quantitative estimate of drug-likeness (QED) is 0.462. The number of nitrogen functional groups attached to an aromatic ring is 1. The van der Waals surface area contributed by atoms with E-state index in [-0.39, 0.29) is 29.8 Å². The Kier molecular flexibility index (Phi) is 7.66. The van der Waals surface area contributed by atoms with Crippen molar-refractivity contribution in [2.45, 2.75) is 19.4 Å². The highest BCUT2D eigenvalue weighted by Crippen LogP contribution is 2.25. The van der Waals surface area contributed by atoms with Gasteiger partial charge in [-0.15, -0.1) is 0 Å². The Bertz CT molecular complexity index is 1120. The van der Waals surface area contributed by atoms with Crippen molar-refractivity contribution in [3.63, 3.8) is 0 Å². The van der Waals surface area contributed by atoms with Gasteiger partial charge in [-0.1, -0.05) is 0 Å². The first kappa shape index (κ1) is 23.6. The Hall–Kier alpha value is -3.56. The predicted octanol–water partition coefficient (Wildman–Crippen LogP) is 2.37. The zero-order valence-electron chi connectivity index (χ0n) is 19.5. The third-order valence-electron chi connectivity index (χ3n) is 5.62. The van der Waals surface area contributed by atoms with Crippen LogP contribution in [0.3, 0.4) is 0 Å². The number of likely N-dealkylation sites (N-methyl/N-ethyl adjacent to an activating group) is 1. The summed E-state index contributed by atoms with van der Waals surface area (Å²) in [5.74, 6) is 0.681. The number of aromatic nitrogens is 3. The lowest BCUT2D eigenvalue weighted by molar-refractivity contribution is 0.0988. The molecule has 0 spiro atoms. The van der Waals surface area contributed by atoms with Crippen molar-refractivity contribution in [1.82, 2.24) is 20.3 Å². The average molecular weight is 463 g/mol. The molecule has 0 bridgehead atoms. The number of Topliss-reactive ketones (excluding diaryl/α,β-unsaturated/α-hetero) is 1. The summed E-state index contributed by atoms with van der Waals surface area (Å²) in [4.78, 5) is 28.4. The molecular formula is C25H30N6O3. The highest BCUT2D eigenvalue weighted by Gasteiger charge is 2.20.